The number of rotatable bonds is 4. The Balaban J connectivity index is 2.14. The predicted molar refractivity (Wildman–Crippen MR) is 76.0 cm³/mol. The van der Waals surface area contributed by atoms with Crippen molar-refractivity contribution in [1.82, 2.24) is 10.2 Å². The van der Waals surface area contributed by atoms with Gasteiger partial charge in [0, 0.05) is 5.69 Å². The lowest BCUT2D eigenvalue weighted by Gasteiger charge is -2.06. The summed E-state index contributed by atoms with van der Waals surface area (Å²) in [7, 11) is -3.87. The summed E-state index contributed by atoms with van der Waals surface area (Å²) in [6.07, 6.45) is 0. The fraction of sp³-hybridized carbons (Fsp3) is 0. The molecule has 2 rings (SSSR count). The third kappa shape index (κ3) is 4.13. The van der Waals surface area contributed by atoms with Gasteiger partial charge in [0.15, 0.2) is 0 Å². The highest BCUT2D eigenvalue weighted by molar-refractivity contribution is 7.90. The van der Waals surface area contributed by atoms with Gasteiger partial charge < -0.3 is 5.32 Å². The fourth-order valence-corrected chi connectivity index (χ4v) is 2.49. The van der Waals surface area contributed by atoms with Crippen molar-refractivity contribution in [3.8, 4) is 0 Å². The molecule has 0 aliphatic rings. The third-order valence-electron chi connectivity index (χ3n) is 1.98. The minimum Gasteiger partial charge on any atom is -0.320 e. The number of halogens is 1. The van der Waals surface area contributed by atoms with Gasteiger partial charge in [0.25, 0.3) is 16.1 Å². The summed E-state index contributed by atoms with van der Waals surface area (Å²) in [5.74, 6) is -0.498. The quantitative estimate of drug-likeness (QED) is 0.770. The van der Waals surface area contributed by atoms with E-state index in [-0.39, 0.29) is 15.2 Å². The van der Waals surface area contributed by atoms with Crippen molar-refractivity contribution in [3.05, 3.63) is 33.7 Å². The van der Waals surface area contributed by atoms with Crippen LogP contribution >= 0.6 is 22.9 Å². The van der Waals surface area contributed by atoms with Crippen LogP contribution in [-0.2, 0) is 10.2 Å². The van der Waals surface area contributed by atoms with Gasteiger partial charge in [0.05, 0.1) is 5.69 Å². The Labute approximate surface area is 123 Å². The summed E-state index contributed by atoms with van der Waals surface area (Å²) in [5, 5.41) is 14.6. The minimum atomic E-state index is -3.87. The number of aromatic nitrogens is 2. The van der Waals surface area contributed by atoms with Crippen LogP contribution in [-0.4, -0.2) is 24.5 Å². The van der Waals surface area contributed by atoms with E-state index in [0.29, 0.717) is 5.69 Å². The number of carbonyl (C=O) groups excluding carboxylic acids is 1. The maximum atomic E-state index is 11.8. The Morgan fingerprint density at radius 1 is 1.30 bits per heavy atom. The van der Waals surface area contributed by atoms with Gasteiger partial charge in [-0.2, -0.15) is 8.42 Å². The number of anilines is 2. The van der Waals surface area contributed by atoms with Gasteiger partial charge in [-0.1, -0.05) is 17.4 Å². The molecule has 0 fully saturated rings. The molecule has 1 aromatic carbocycles. The molecule has 1 amide bonds. The van der Waals surface area contributed by atoms with Crippen molar-refractivity contribution in [2.75, 3.05) is 10.0 Å². The summed E-state index contributed by atoms with van der Waals surface area (Å²) >= 11 is 6.51. The summed E-state index contributed by atoms with van der Waals surface area (Å²) in [6, 6.07) is 6.03. The Bertz CT molecular complexity index is 746. The molecule has 0 bridgehead atoms. The van der Waals surface area contributed by atoms with E-state index in [1.807, 2.05) is 0 Å². The minimum absolute atomic E-state index is 0.0970. The molecule has 4 N–H and O–H groups in total. The second-order valence-electron chi connectivity index (χ2n) is 3.54. The van der Waals surface area contributed by atoms with Crippen LogP contribution in [0.1, 0.15) is 9.80 Å². The SMILES string of the molecule is NS(=O)(=O)Nc1cccc(NC(=O)c2nnc(Cl)s2)c1. The van der Waals surface area contributed by atoms with Crippen LogP contribution < -0.4 is 15.2 Å². The normalized spacial score (nSPS) is 11.1. The summed E-state index contributed by atoms with van der Waals surface area (Å²) < 4.78 is 24.1. The van der Waals surface area contributed by atoms with E-state index in [2.05, 4.69) is 20.2 Å². The number of hydrogen-bond acceptors (Lipinski definition) is 6. The standard InChI is InChI=1S/C9H8ClN5O3S2/c10-9-14-13-8(19-9)7(16)12-5-2-1-3-6(4-5)15-20(11,17)18/h1-4,15H,(H,12,16)(H2,11,17,18). The molecule has 20 heavy (non-hydrogen) atoms. The maximum Gasteiger partial charge on any atom is 0.296 e. The largest absolute Gasteiger partial charge is 0.320 e. The van der Waals surface area contributed by atoms with Gasteiger partial charge in [-0.25, -0.2) is 5.14 Å². The number of carbonyl (C=O) groups is 1. The molecule has 1 heterocycles. The van der Waals surface area contributed by atoms with Crippen molar-refractivity contribution in [3.63, 3.8) is 0 Å². The molecule has 2 aromatic rings. The number of hydrogen-bond donors (Lipinski definition) is 3. The molecule has 0 aliphatic heterocycles. The van der Waals surface area contributed by atoms with Crippen molar-refractivity contribution in [2.24, 2.45) is 5.14 Å². The maximum absolute atomic E-state index is 11.8. The van der Waals surface area contributed by atoms with Gasteiger partial charge >= 0.3 is 0 Å². The Kier molecular flexibility index (Phi) is 4.18. The van der Waals surface area contributed by atoms with E-state index >= 15 is 0 Å². The van der Waals surface area contributed by atoms with Crippen molar-refractivity contribution >= 4 is 50.4 Å². The van der Waals surface area contributed by atoms with Crippen LogP contribution in [0.15, 0.2) is 24.3 Å². The highest BCUT2D eigenvalue weighted by Gasteiger charge is 2.12. The smallest absolute Gasteiger partial charge is 0.296 e. The van der Waals surface area contributed by atoms with Gasteiger partial charge in [0.1, 0.15) is 0 Å². The van der Waals surface area contributed by atoms with Crippen LogP contribution in [0.5, 0.6) is 0 Å². The molecule has 1 aromatic heterocycles. The molecule has 0 saturated heterocycles. The van der Waals surface area contributed by atoms with Crippen LogP contribution in [0, 0.1) is 0 Å². The lowest BCUT2D eigenvalue weighted by atomic mass is 10.3. The van der Waals surface area contributed by atoms with E-state index in [0.717, 1.165) is 11.3 Å². The van der Waals surface area contributed by atoms with Crippen molar-refractivity contribution in [2.45, 2.75) is 0 Å². The van der Waals surface area contributed by atoms with Crippen LogP contribution in [0.2, 0.25) is 4.47 Å². The molecule has 0 saturated carbocycles. The average molecular weight is 334 g/mol. The summed E-state index contributed by atoms with van der Waals surface area (Å²) in [5.41, 5.74) is 0.593. The second kappa shape index (κ2) is 5.71. The van der Waals surface area contributed by atoms with E-state index in [1.54, 1.807) is 12.1 Å². The van der Waals surface area contributed by atoms with E-state index in [1.165, 1.54) is 12.1 Å². The third-order valence-corrected chi connectivity index (χ3v) is 3.51. The van der Waals surface area contributed by atoms with Crippen LogP contribution in [0.4, 0.5) is 11.4 Å². The van der Waals surface area contributed by atoms with E-state index in [4.69, 9.17) is 16.7 Å². The molecular weight excluding hydrogens is 326 g/mol. The van der Waals surface area contributed by atoms with Crippen molar-refractivity contribution < 1.29 is 13.2 Å². The van der Waals surface area contributed by atoms with Gasteiger partial charge in [-0.15, -0.1) is 10.2 Å². The Morgan fingerprint density at radius 2 is 2.00 bits per heavy atom. The fourth-order valence-electron chi connectivity index (χ4n) is 1.31. The molecule has 0 spiro atoms. The highest BCUT2D eigenvalue weighted by Crippen LogP contribution is 2.19. The first kappa shape index (κ1) is 14.7. The summed E-state index contributed by atoms with van der Waals surface area (Å²) in [4.78, 5) is 11.8. The monoisotopic (exact) mass is 333 g/mol. The molecule has 11 heteroatoms. The number of benzene rings is 1. The van der Waals surface area contributed by atoms with Crippen LogP contribution in [0.3, 0.4) is 0 Å². The molecular formula is C9H8ClN5O3S2. The predicted octanol–water partition coefficient (Wildman–Crippen LogP) is 1.06. The second-order valence-corrected chi connectivity index (χ2v) is 6.40. The number of nitrogens with zero attached hydrogens (tertiary/aromatic N) is 2. The zero-order valence-electron chi connectivity index (χ0n) is 9.70. The zero-order valence-corrected chi connectivity index (χ0v) is 12.1. The number of nitrogens with one attached hydrogen (secondary N) is 2. The summed E-state index contributed by atoms with van der Waals surface area (Å²) in [6.45, 7) is 0. The first-order valence-electron chi connectivity index (χ1n) is 5.04. The molecule has 0 radical (unpaired) electrons. The molecule has 106 valence electrons. The number of nitrogens with two attached hydrogens (primary N) is 1. The van der Waals surface area contributed by atoms with Crippen molar-refractivity contribution in [1.29, 1.82) is 0 Å². The molecule has 0 aliphatic carbocycles. The zero-order chi connectivity index (χ0) is 14.8. The Morgan fingerprint density at radius 3 is 2.60 bits per heavy atom. The van der Waals surface area contributed by atoms with Gasteiger partial charge in [0.2, 0.25) is 9.47 Å². The lowest BCUT2D eigenvalue weighted by molar-refractivity contribution is 0.102. The van der Waals surface area contributed by atoms with Gasteiger partial charge in [-0.3, -0.25) is 9.52 Å². The average Bonchev–Trinajstić information content (AvgIpc) is 2.74. The van der Waals surface area contributed by atoms with Crippen LogP contribution in [0.25, 0.3) is 0 Å². The van der Waals surface area contributed by atoms with Gasteiger partial charge in [-0.05, 0) is 29.8 Å². The van der Waals surface area contributed by atoms with E-state index in [9.17, 15) is 13.2 Å². The molecule has 0 unspecified atom stereocenters. The number of amides is 1. The first-order valence-corrected chi connectivity index (χ1v) is 7.78. The molecule has 0 atom stereocenters. The lowest BCUT2D eigenvalue weighted by Crippen LogP contribution is -2.21. The first-order chi connectivity index (χ1) is 9.33. The Hall–Kier alpha value is -1.75. The highest BCUT2D eigenvalue weighted by atomic mass is 35.5. The van der Waals surface area contributed by atoms with E-state index < -0.39 is 16.1 Å². The topological polar surface area (TPSA) is 127 Å². The molecule has 8 nitrogen and oxygen atoms in total.